The van der Waals surface area contributed by atoms with Gasteiger partial charge in [-0.1, -0.05) is 0 Å². The summed E-state index contributed by atoms with van der Waals surface area (Å²) in [5.74, 6) is -0.952. The maximum absolute atomic E-state index is 11.7. The Morgan fingerprint density at radius 3 is 2.62 bits per heavy atom. The Balaban J connectivity index is 1.70. The molecule has 0 unspecified atom stereocenters. The van der Waals surface area contributed by atoms with Crippen LogP contribution in [0.25, 0.3) is 0 Å². The smallest absolute Gasteiger partial charge is 0.329 e. The van der Waals surface area contributed by atoms with Gasteiger partial charge in [0.1, 0.15) is 5.54 Å². The third kappa shape index (κ3) is 3.53. The molecule has 0 aromatic carbocycles. The first-order valence-corrected chi connectivity index (χ1v) is 7.23. The van der Waals surface area contributed by atoms with E-state index >= 15 is 0 Å². The molecule has 0 aliphatic heterocycles. The number of urea groups is 1. The molecule has 21 heavy (non-hydrogen) atoms. The van der Waals surface area contributed by atoms with Gasteiger partial charge in [-0.2, -0.15) is 5.10 Å². The van der Waals surface area contributed by atoms with E-state index in [1.54, 1.807) is 0 Å². The summed E-state index contributed by atoms with van der Waals surface area (Å²) in [4.78, 5) is 22.9. The molecule has 0 radical (unpaired) electrons. The molecule has 116 valence electrons. The first-order chi connectivity index (χ1) is 9.93. The lowest BCUT2D eigenvalue weighted by molar-refractivity contribution is -0.148. The second-order valence-electron chi connectivity index (χ2n) is 5.63. The van der Waals surface area contributed by atoms with Crippen LogP contribution in [0.2, 0.25) is 0 Å². The normalized spacial score (nSPS) is 16.1. The number of nitrogens with zero attached hydrogens (tertiary/aromatic N) is 2. The van der Waals surface area contributed by atoms with Gasteiger partial charge in [-0.25, -0.2) is 9.59 Å². The number of aryl methyl sites for hydroxylation is 3. The van der Waals surface area contributed by atoms with Crippen LogP contribution in [0.4, 0.5) is 4.79 Å². The number of hydrogen-bond acceptors (Lipinski definition) is 3. The Hall–Kier alpha value is -2.05. The molecule has 0 bridgehead atoms. The van der Waals surface area contributed by atoms with E-state index in [-0.39, 0.29) is 0 Å². The summed E-state index contributed by atoms with van der Waals surface area (Å²) in [7, 11) is 0. The average molecular weight is 294 g/mol. The van der Waals surface area contributed by atoms with Gasteiger partial charge in [-0.15, -0.1) is 0 Å². The van der Waals surface area contributed by atoms with Gasteiger partial charge in [-0.3, -0.25) is 4.68 Å². The van der Waals surface area contributed by atoms with Crippen molar-refractivity contribution in [1.29, 1.82) is 0 Å². The van der Waals surface area contributed by atoms with E-state index in [2.05, 4.69) is 15.7 Å². The van der Waals surface area contributed by atoms with Crippen LogP contribution in [0.1, 0.15) is 37.1 Å². The zero-order valence-corrected chi connectivity index (χ0v) is 12.5. The predicted molar refractivity (Wildman–Crippen MR) is 77.1 cm³/mol. The second-order valence-corrected chi connectivity index (χ2v) is 5.63. The SMILES string of the molecule is Cc1cc(C)n(CCCNC(=O)NC2(C(=O)O)CCC2)n1. The topological polar surface area (TPSA) is 96.2 Å². The Morgan fingerprint density at radius 1 is 1.43 bits per heavy atom. The summed E-state index contributed by atoms with van der Waals surface area (Å²) >= 11 is 0. The number of carbonyl (C=O) groups is 2. The summed E-state index contributed by atoms with van der Waals surface area (Å²) in [6.07, 6.45) is 2.59. The van der Waals surface area contributed by atoms with Crippen molar-refractivity contribution in [3.05, 3.63) is 17.5 Å². The lowest BCUT2D eigenvalue weighted by atomic mass is 9.77. The van der Waals surface area contributed by atoms with Crippen molar-refractivity contribution >= 4 is 12.0 Å². The maximum atomic E-state index is 11.7. The van der Waals surface area contributed by atoms with Crippen LogP contribution in [0, 0.1) is 13.8 Å². The summed E-state index contributed by atoms with van der Waals surface area (Å²) in [5.41, 5.74) is 1.02. The van der Waals surface area contributed by atoms with Crippen LogP contribution in [-0.4, -0.2) is 39.0 Å². The zero-order chi connectivity index (χ0) is 15.5. The van der Waals surface area contributed by atoms with Crippen LogP contribution in [0.3, 0.4) is 0 Å². The third-order valence-corrected chi connectivity index (χ3v) is 3.90. The summed E-state index contributed by atoms with van der Waals surface area (Å²) in [6, 6.07) is 1.60. The number of carboxylic acids is 1. The molecule has 1 fully saturated rings. The van der Waals surface area contributed by atoms with Crippen LogP contribution in [-0.2, 0) is 11.3 Å². The van der Waals surface area contributed by atoms with E-state index in [1.807, 2.05) is 24.6 Å². The minimum absolute atomic E-state index is 0.412. The average Bonchev–Trinajstić information content (AvgIpc) is 2.67. The summed E-state index contributed by atoms with van der Waals surface area (Å²) in [6.45, 7) is 5.15. The van der Waals surface area contributed by atoms with Gasteiger partial charge in [0.25, 0.3) is 0 Å². The number of aliphatic carboxylic acids is 1. The number of amides is 2. The first-order valence-electron chi connectivity index (χ1n) is 7.23. The standard InChI is InChI=1S/C14H22N4O3/c1-10-9-11(2)18(17-10)8-4-7-15-13(21)16-14(12(19)20)5-3-6-14/h9H,3-8H2,1-2H3,(H,19,20)(H2,15,16,21). The van der Waals surface area contributed by atoms with Crippen molar-refractivity contribution in [2.75, 3.05) is 6.54 Å². The number of carboxylic acid groups (broad SMARTS) is 1. The van der Waals surface area contributed by atoms with E-state index in [1.165, 1.54) is 0 Å². The number of rotatable bonds is 6. The molecule has 1 aromatic heterocycles. The van der Waals surface area contributed by atoms with Crippen molar-refractivity contribution in [3.8, 4) is 0 Å². The van der Waals surface area contributed by atoms with Crippen LogP contribution in [0.5, 0.6) is 0 Å². The molecular weight excluding hydrogens is 272 g/mol. The summed E-state index contributed by atoms with van der Waals surface area (Å²) in [5, 5.41) is 18.7. The van der Waals surface area contributed by atoms with E-state index < -0.39 is 17.5 Å². The van der Waals surface area contributed by atoms with Crippen molar-refractivity contribution in [1.82, 2.24) is 20.4 Å². The highest BCUT2D eigenvalue weighted by molar-refractivity contribution is 5.87. The molecule has 1 aliphatic carbocycles. The molecule has 7 heteroatoms. The molecule has 2 amide bonds. The quantitative estimate of drug-likeness (QED) is 0.687. The van der Waals surface area contributed by atoms with Crippen molar-refractivity contribution in [3.63, 3.8) is 0 Å². The lowest BCUT2D eigenvalue weighted by Gasteiger charge is -2.38. The molecule has 0 spiro atoms. The first kappa shape index (κ1) is 15.3. The Bertz CT molecular complexity index is 534. The fourth-order valence-electron chi connectivity index (χ4n) is 2.52. The molecule has 2 rings (SSSR count). The van der Waals surface area contributed by atoms with Gasteiger partial charge < -0.3 is 15.7 Å². The molecular formula is C14H22N4O3. The van der Waals surface area contributed by atoms with Gasteiger partial charge in [0.2, 0.25) is 0 Å². The van der Waals surface area contributed by atoms with E-state index in [0.717, 1.165) is 30.8 Å². The second kappa shape index (κ2) is 6.15. The predicted octanol–water partition coefficient (Wildman–Crippen LogP) is 1.20. The van der Waals surface area contributed by atoms with Gasteiger partial charge in [0.15, 0.2) is 0 Å². The van der Waals surface area contributed by atoms with Crippen LogP contribution >= 0.6 is 0 Å². The molecule has 0 saturated heterocycles. The minimum Gasteiger partial charge on any atom is -0.480 e. The minimum atomic E-state index is -1.06. The molecule has 3 N–H and O–H groups in total. The third-order valence-electron chi connectivity index (χ3n) is 3.90. The molecule has 7 nitrogen and oxygen atoms in total. The number of aromatic nitrogens is 2. The van der Waals surface area contributed by atoms with Gasteiger partial charge in [0.05, 0.1) is 5.69 Å². The zero-order valence-electron chi connectivity index (χ0n) is 12.5. The van der Waals surface area contributed by atoms with E-state index in [9.17, 15) is 9.59 Å². The highest BCUT2D eigenvalue weighted by atomic mass is 16.4. The number of hydrogen-bond donors (Lipinski definition) is 3. The van der Waals surface area contributed by atoms with E-state index in [0.29, 0.717) is 19.4 Å². The Labute approximate surface area is 123 Å². The van der Waals surface area contributed by atoms with Gasteiger partial charge in [0, 0.05) is 18.8 Å². The highest BCUT2D eigenvalue weighted by Crippen LogP contribution is 2.31. The van der Waals surface area contributed by atoms with Crippen molar-refractivity contribution < 1.29 is 14.7 Å². The van der Waals surface area contributed by atoms with Crippen molar-refractivity contribution in [2.24, 2.45) is 0 Å². The maximum Gasteiger partial charge on any atom is 0.329 e. The number of nitrogens with one attached hydrogen (secondary N) is 2. The van der Waals surface area contributed by atoms with Gasteiger partial charge >= 0.3 is 12.0 Å². The van der Waals surface area contributed by atoms with Gasteiger partial charge in [-0.05, 0) is 45.6 Å². The highest BCUT2D eigenvalue weighted by Gasteiger charge is 2.45. The van der Waals surface area contributed by atoms with Crippen LogP contribution in [0.15, 0.2) is 6.07 Å². The molecule has 1 aliphatic rings. The lowest BCUT2D eigenvalue weighted by Crippen LogP contribution is -2.61. The monoisotopic (exact) mass is 294 g/mol. The fraction of sp³-hybridized carbons (Fsp3) is 0.643. The molecule has 1 heterocycles. The molecule has 0 atom stereocenters. The van der Waals surface area contributed by atoms with Crippen molar-refractivity contribution in [2.45, 2.75) is 51.6 Å². The number of carbonyl (C=O) groups excluding carboxylic acids is 1. The largest absolute Gasteiger partial charge is 0.480 e. The van der Waals surface area contributed by atoms with Crippen LogP contribution < -0.4 is 10.6 Å². The van der Waals surface area contributed by atoms with E-state index in [4.69, 9.17) is 5.11 Å². The molecule has 1 aromatic rings. The Kier molecular flexibility index (Phi) is 4.50. The fourth-order valence-corrected chi connectivity index (χ4v) is 2.52. The Morgan fingerprint density at radius 2 is 2.14 bits per heavy atom. The summed E-state index contributed by atoms with van der Waals surface area (Å²) < 4.78 is 1.90. The molecule has 1 saturated carbocycles.